The molecule has 3 aromatic heterocycles. The van der Waals surface area contributed by atoms with Crippen molar-refractivity contribution in [1.29, 1.82) is 5.26 Å². The monoisotopic (exact) mass is 492 g/mol. The minimum absolute atomic E-state index is 0. The van der Waals surface area contributed by atoms with Gasteiger partial charge >= 0.3 is 0 Å². The summed E-state index contributed by atoms with van der Waals surface area (Å²) in [6.07, 6.45) is 3.43. The van der Waals surface area contributed by atoms with Crippen LogP contribution in [-0.4, -0.2) is 43.0 Å². The lowest BCUT2D eigenvalue weighted by Gasteiger charge is -2.33. The van der Waals surface area contributed by atoms with Crippen LogP contribution in [0.2, 0.25) is 0 Å². The molecule has 1 aliphatic rings. The van der Waals surface area contributed by atoms with E-state index in [2.05, 4.69) is 21.1 Å². The quantitative estimate of drug-likeness (QED) is 0.458. The van der Waals surface area contributed by atoms with Crippen LogP contribution >= 0.6 is 12.4 Å². The molecule has 9 nitrogen and oxygen atoms in total. The topological polar surface area (TPSA) is 111 Å². The maximum atomic E-state index is 13.8. The Balaban J connectivity index is 0.00000289. The van der Waals surface area contributed by atoms with Crippen molar-refractivity contribution >= 4 is 29.3 Å². The highest BCUT2D eigenvalue weighted by molar-refractivity contribution is 5.89. The van der Waals surface area contributed by atoms with E-state index in [1.165, 1.54) is 6.33 Å². The van der Waals surface area contributed by atoms with Gasteiger partial charge < -0.3 is 15.2 Å². The molecule has 1 saturated heterocycles. The molecule has 0 spiro atoms. The molecule has 2 N–H and O–H groups in total. The molecule has 1 atom stereocenters. The first kappa shape index (κ1) is 24.5. The molecule has 0 aliphatic carbocycles. The number of hydrogen-bond acceptors (Lipinski definition) is 6. The molecule has 5 rings (SSSR count). The zero-order valence-corrected chi connectivity index (χ0v) is 20.7. The Hall–Kier alpha value is -3.61. The van der Waals surface area contributed by atoms with E-state index in [1.807, 2.05) is 54.9 Å². The molecular formula is C25H29ClN8O. The van der Waals surface area contributed by atoms with Crippen LogP contribution in [0.4, 0.5) is 5.82 Å². The van der Waals surface area contributed by atoms with Crippen LogP contribution in [0, 0.1) is 18.3 Å². The summed E-state index contributed by atoms with van der Waals surface area (Å²) in [6.45, 7) is 4.17. The van der Waals surface area contributed by atoms with E-state index >= 15 is 0 Å². The Bertz CT molecular complexity index is 1450. The number of anilines is 1. The van der Waals surface area contributed by atoms with E-state index in [0.29, 0.717) is 36.2 Å². The number of fused-ring (bicyclic) bond motifs is 1. The lowest BCUT2D eigenvalue weighted by molar-refractivity contribution is 0.498. The molecule has 10 heteroatoms. The number of benzene rings is 1. The molecule has 0 saturated carbocycles. The first-order valence-corrected chi connectivity index (χ1v) is 11.5. The molecule has 0 amide bonds. The molecule has 4 aromatic rings. The summed E-state index contributed by atoms with van der Waals surface area (Å²) in [4.78, 5) is 20.6. The van der Waals surface area contributed by atoms with E-state index in [0.717, 1.165) is 42.2 Å². The third kappa shape index (κ3) is 4.55. The minimum atomic E-state index is -0.177. The molecule has 0 bridgehead atoms. The molecule has 1 aliphatic heterocycles. The number of hydrogen-bond donors (Lipinski definition) is 1. The Labute approximate surface area is 209 Å². The van der Waals surface area contributed by atoms with Gasteiger partial charge in [0.25, 0.3) is 5.56 Å². The maximum Gasteiger partial charge on any atom is 0.278 e. The number of nitrogens with zero attached hydrogens (tertiary/aromatic N) is 7. The first-order valence-electron chi connectivity index (χ1n) is 11.5. The van der Waals surface area contributed by atoms with Crippen LogP contribution in [-0.2, 0) is 20.1 Å². The van der Waals surface area contributed by atoms with Crippen LogP contribution < -0.4 is 16.2 Å². The highest BCUT2D eigenvalue weighted by Gasteiger charge is 2.28. The predicted molar refractivity (Wildman–Crippen MR) is 138 cm³/mol. The molecule has 1 aromatic carbocycles. The molecule has 1 fully saturated rings. The molecule has 182 valence electrons. The summed E-state index contributed by atoms with van der Waals surface area (Å²) in [7, 11) is 1.86. The van der Waals surface area contributed by atoms with E-state index < -0.39 is 0 Å². The standard InChI is InChI=1S/C25H28N8O.ClH/c1-17-11-20(30(2)29-17)15-32-16-28-22-21(12-26)24(31-10-6-9-19(27)14-31)33(23(22)25(32)34)13-18-7-4-3-5-8-18;/h3-5,7-8,11,16,19H,6,9-10,13-15,27H2,1-2H3;1H. The Kier molecular flexibility index (Phi) is 6.96. The number of halogens is 1. The fourth-order valence-corrected chi connectivity index (χ4v) is 4.90. The summed E-state index contributed by atoms with van der Waals surface area (Å²) in [6, 6.07) is 14.3. The smallest absolute Gasteiger partial charge is 0.278 e. The van der Waals surface area contributed by atoms with Crippen LogP contribution in [0.5, 0.6) is 0 Å². The second-order valence-electron chi connectivity index (χ2n) is 9.01. The molecule has 35 heavy (non-hydrogen) atoms. The van der Waals surface area contributed by atoms with E-state index in [1.54, 1.807) is 9.25 Å². The van der Waals surface area contributed by atoms with Crippen LogP contribution in [0.1, 0.15) is 35.4 Å². The normalized spacial score (nSPS) is 15.7. The minimum Gasteiger partial charge on any atom is -0.355 e. The summed E-state index contributed by atoms with van der Waals surface area (Å²) in [5.74, 6) is 0.732. The van der Waals surface area contributed by atoms with E-state index in [-0.39, 0.29) is 24.0 Å². The molecule has 4 heterocycles. The van der Waals surface area contributed by atoms with Crippen LogP contribution in [0.25, 0.3) is 11.0 Å². The zero-order chi connectivity index (χ0) is 23.8. The second kappa shape index (κ2) is 9.94. The lowest BCUT2D eigenvalue weighted by Crippen LogP contribution is -2.44. The highest BCUT2D eigenvalue weighted by atomic mass is 35.5. The average Bonchev–Trinajstić information content (AvgIpc) is 3.32. The number of nitrogens with two attached hydrogens (primary N) is 1. The van der Waals surface area contributed by atoms with Crippen molar-refractivity contribution in [2.45, 2.75) is 38.9 Å². The average molecular weight is 493 g/mol. The van der Waals surface area contributed by atoms with Gasteiger partial charge in [0.15, 0.2) is 0 Å². The Morgan fingerprint density at radius 3 is 2.66 bits per heavy atom. The van der Waals surface area contributed by atoms with Gasteiger partial charge in [0, 0.05) is 32.7 Å². The maximum absolute atomic E-state index is 13.8. The zero-order valence-electron chi connectivity index (χ0n) is 19.9. The van der Waals surface area contributed by atoms with Crippen LogP contribution in [0.3, 0.4) is 0 Å². The first-order chi connectivity index (χ1) is 16.5. The number of piperidine rings is 1. The summed E-state index contributed by atoms with van der Waals surface area (Å²) in [5.41, 5.74) is 10.3. The van der Waals surface area contributed by atoms with Crippen molar-refractivity contribution in [3.05, 3.63) is 75.6 Å². The van der Waals surface area contributed by atoms with E-state index in [9.17, 15) is 10.1 Å². The summed E-state index contributed by atoms with van der Waals surface area (Å²) in [5, 5.41) is 14.5. The summed E-state index contributed by atoms with van der Waals surface area (Å²) >= 11 is 0. The van der Waals surface area contributed by atoms with Gasteiger partial charge in [-0.3, -0.25) is 14.0 Å². The molecule has 0 radical (unpaired) electrons. The third-order valence-corrected chi connectivity index (χ3v) is 6.48. The lowest BCUT2D eigenvalue weighted by atomic mass is 10.1. The molecular weight excluding hydrogens is 464 g/mol. The Morgan fingerprint density at radius 1 is 1.23 bits per heavy atom. The van der Waals surface area contributed by atoms with Crippen molar-refractivity contribution in [1.82, 2.24) is 23.9 Å². The van der Waals surface area contributed by atoms with Gasteiger partial charge in [-0.15, -0.1) is 12.4 Å². The Morgan fingerprint density at radius 2 is 2.00 bits per heavy atom. The van der Waals surface area contributed by atoms with E-state index in [4.69, 9.17) is 5.73 Å². The van der Waals surface area contributed by atoms with Crippen molar-refractivity contribution < 1.29 is 0 Å². The second-order valence-corrected chi connectivity index (χ2v) is 9.01. The predicted octanol–water partition coefficient (Wildman–Crippen LogP) is 2.56. The van der Waals surface area contributed by atoms with Crippen LogP contribution in [0.15, 0.2) is 47.5 Å². The van der Waals surface area contributed by atoms with Gasteiger partial charge in [0.2, 0.25) is 0 Å². The van der Waals surface area contributed by atoms with Crippen molar-refractivity contribution in [3.8, 4) is 6.07 Å². The number of rotatable bonds is 5. The van der Waals surface area contributed by atoms with Gasteiger partial charge in [-0.05, 0) is 31.4 Å². The van der Waals surface area contributed by atoms with Crippen molar-refractivity contribution in [2.24, 2.45) is 12.8 Å². The summed E-state index contributed by atoms with van der Waals surface area (Å²) < 4.78 is 5.32. The van der Waals surface area contributed by atoms with Gasteiger partial charge in [-0.25, -0.2) is 4.98 Å². The fourth-order valence-electron chi connectivity index (χ4n) is 4.90. The SMILES string of the molecule is Cc1cc(Cn2cnc3c(C#N)c(N4CCCC(N)C4)n(Cc4ccccc4)c3c2=O)n(C)n1.Cl. The fraction of sp³-hybridized carbons (Fsp3) is 0.360. The van der Waals surface area contributed by atoms with Gasteiger partial charge in [0.1, 0.15) is 28.5 Å². The van der Waals surface area contributed by atoms with Gasteiger partial charge in [-0.1, -0.05) is 30.3 Å². The molecule has 1 unspecified atom stereocenters. The third-order valence-electron chi connectivity index (χ3n) is 6.48. The highest BCUT2D eigenvalue weighted by Crippen LogP contribution is 2.32. The largest absolute Gasteiger partial charge is 0.355 e. The van der Waals surface area contributed by atoms with Crippen molar-refractivity contribution in [3.63, 3.8) is 0 Å². The number of nitriles is 1. The number of aromatic nitrogens is 5. The van der Waals surface area contributed by atoms with Gasteiger partial charge in [0.05, 0.1) is 24.3 Å². The van der Waals surface area contributed by atoms with Gasteiger partial charge in [-0.2, -0.15) is 10.4 Å². The number of aryl methyl sites for hydroxylation is 2. The van der Waals surface area contributed by atoms with Crippen molar-refractivity contribution in [2.75, 3.05) is 18.0 Å².